The van der Waals surface area contributed by atoms with Crippen molar-refractivity contribution in [1.82, 2.24) is 0 Å². The second-order valence-corrected chi connectivity index (χ2v) is 3.41. The molecule has 0 atom stereocenters. The molecule has 6 nitrogen and oxygen atoms in total. The molecule has 2 rings (SSSR count). The second kappa shape index (κ2) is 3.73. The van der Waals surface area contributed by atoms with Gasteiger partial charge in [-0.1, -0.05) is 6.07 Å². The summed E-state index contributed by atoms with van der Waals surface area (Å²) in [7, 11) is 1.69. The lowest BCUT2D eigenvalue weighted by atomic mass is 10.1. The van der Waals surface area contributed by atoms with E-state index in [0.717, 1.165) is 0 Å². The Morgan fingerprint density at radius 1 is 1.44 bits per heavy atom. The summed E-state index contributed by atoms with van der Waals surface area (Å²) in [6, 6.07) is 2.93. The molecule has 84 valence electrons. The van der Waals surface area contributed by atoms with Crippen molar-refractivity contribution < 1.29 is 19.0 Å². The van der Waals surface area contributed by atoms with Gasteiger partial charge in [0.1, 0.15) is 12.8 Å². The molecule has 0 saturated heterocycles. The summed E-state index contributed by atoms with van der Waals surface area (Å²) < 4.78 is 11.7. The van der Waals surface area contributed by atoms with Crippen LogP contribution >= 0.6 is 0 Å². The van der Waals surface area contributed by atoms with Gasteiger partial charge in [-0.3, -0.25) is 14.7 Å². The molecule has 0 unspecified atom stereocenters. The quantitative estimate of drug-likeness (QED) is 0.253. The summed E-state index contributed by atoms with van der Waals surface area (Å²) >= 11 is 0. The number of nitro benzene ring substituents is 1. The van der Waals surface area contributed by atoms with Crippen LogP contribution in [0.25, 0.3) is 0 Å². The van der Waals surface area contributed by atoms with Crippen LogP contribution < -0.4 is 9.47 Å². The summed E-state index contributed by atoms with van der Waals surface area (Å²) in [5, 5.41) is 10.9. The molecular weight excluding hydrogens is 212 g/mol. The van der Waals surface area contributed by atoms with E-state index in [1.165, 1.54) is 10.6 Å². The largest absolute Gasteiger partial charge is 0.463 e. The van der Waals surface area contributed by atoms with Gasteiger partial charge in [0, 0.05) is 11.0 Å². The Kier molecular flexibility index (Phi) is 2.40. The lowest BCUT2D eigenvalue weighted by molar-refractivity contribution is -0.441. The molecule has 0 amide bonds. The summed E-state index contributed by atoms with van der Waals surface area (Å²) in [6.07, 6.45) is 0. The van der Waals surface area contributed by atoms with Crippen LogP contribution in [0.2, 0.25) is 0 Å². The van der Waals surface area contributed by atoms with Crippen molar-refractivity contribution in [1.29, 1.82) is 0 Å². The number of benzene rings is 1. The fourth-order valence-corrected chi connectivity index (χ4v) is 1.45. The van der Waals surface area contributed by atoms with Crippen molar-refractivity contribution in [2.45, 2.75) is 0 Å². The van der Waals surface area contributed by atoms with Gasteiger partial charge in [-0.05, 0) is 5.56 Å². The van der Waals surface area contributed by atoms with E-state index in [1.807, 2.05) is 0 Å². The van der Waals surface area contributed by atoms with Crippen molar-refractivity contribution in [3.05, 3.63) is 34.4 Å². The minimum absolute atomic E-state index is 0.0280. The lowest BCUT2D eigenvalue weighted by Gasteiger charge is -2.08. The fourth-order valence-electron chi connectivity index (χ4n) is 1.45. The predicted molar refractivity (Wildman–Crippen MR) is 55.9 cm³/mol. The highest BCUT2D eigenvalue weighted by molar-refractivity contribution is 5.56. The van der Waals surface area contributed by atoms with E-state index < -0.39 is 4.92 Å². The topological polar surface area (TPSA) is 64.6 Å². The summed E-state index contributed by atoms with van der Waals surface area (Å²) in [5.41, 5.74) is 0.409. The third-order valence-corrected chi connectivity index (χ3v) is 2.08. The predicted octanol–water partition coefficient (Wildman–Crippen LogP) is 1.18. The second-order valence-electron chi connectivity index (χ2n) is 3.41. The smallest absolute Gasteiger partial charge is 0.229 e. The van der Waals surface area contributed by atoms with Gasteiger partial charge in [0.25, 0.3) is 0 Å². The third kappa shape index (κ3) is 1.77. The average Bonchev–Trinajstić information content (AvgIpc) is 2.62. The number of fused-ring (bicyclic) bond motifs is 1. The van der Waals surface area contributed by atoms with Gasteiger partial charge in [-0.15, -0.1) is 0 Å². The first-order chi connectivity index (χ1) is 7.58. The van der Waals surface area contributed by atoms with Crippen LogP contribution in [0.5, 0.6) is 11.5 Å². The number of hydrogen-bond donors (Lipinski definition) is 0. The van der Waals surface area contributed by atoms with E-state index in [9.17, 15) is 10.1 Å². The van der Waals surface area contributed by atoms with Crippen molar-refractivity contribution in [3.63, 3.8) is 0 Å². The fraction of sp³-hybridized carbons (Fsp3) is 0.200. The van der Waals surface area contributed by atoms with Crippen LogP contribution in [0.4, 0.5) is 5.69 Å². The summed E-state index contributed by atoms with van der Waals surface area (Å²) in [6.45, 7) is 5.26. The summed E-state index contributed by atoms with van der Waals surface area (Å²) in [4.78, 5) is 10.4. The van der Waals surface area contributed by atoms with Gasteiger partial charge in [-0.2, -0.15) is 0 Å². The molecule has 0 aliphatic carbocycles. The van der Waals surface area contributed by atoms with E-state index in [0.29, 0.717) is 17.1 Å². The van der Waals surface area contributed by atoms with Crippen LogP contribution in [0.1, 0.15) is 5.56 Å². The molecule has 0 aromatic heterocycles. The molecule has 1 aliphatic rings. The van der Waals surface area contributed by atoms with Crippen LogP contribution in [-0.2, 0) is 0 Å². The van der Waals surface area contributed by atoms with Crippen molar-refractivity contribution in [3.8, 4) is 11.5 Å². The maximum Gasteiger partial charge on any atom is 0.229 e. The average molecular weight is 222 g/mol. The van der Waals surface area contributed by atoms with Crippen molar-refractivity contribution >= 4 is 12.4 Å². The highest BCUT2D eigenvalue weighted by Gasteiger charge is 2.19. The maximum atomic E-state index is 10.9. The van der Waals surface area contributed by atoms with E-state index >= 15 is 0 Å². The molecule has 1 aromatic rings. The molecule has 1 aliphatic heterocycles. The Labute approximate surface area is 91.9 Å². The highest BCUT2D eigenvalue weighted by Crippen LogP contribution is 2.38. The zero-order valence-electron chi connectivity index (χ0n) is 8.67. The molecule has 16 heavy (non-hydrogen) atoms. The zero-order valence-corrected chi connectivity index (χ0v) is 8.67. The number of rotatable bonds is 3. The van der Waals surface area contributed by atoms with Gasteiger partial charge in [-0.25, -0.2) is 0 Å². The monoisotopic (exact) mass is 222 g/mol. The molecular formula is C10H10N2O4. The first kappa shape index (κ1) is 10.3. The molecule has 1 heterocycles. The molecule has 6 heteroatoms. The van der Waals surface area contributed by atoms with Gasteiger partial charge in [0.05, 0.1) is 13.3 Å². The Bertz CT molecular complexity index is 470. The number of nitrogens with zero attached hydrogens (tertiary/aromatic N) is 2. The third-order valence-electron chi connectivity index (χ3n) is 2.08. The standard InChI is InChI=1S/C10H10N2O4/c1-11(2)5-7-3-9-10(16-6-15-9)4-8(7)12(13)14/h3-5H,1,6H2,2H3. The maximum absolute atomic E-state index is 10.9. The minimum Gasteiger partial charge on any atom is -0.463 e. The van der Waals surface area contributed by atoms with Crippen LogP contribution in [-0.4, -0.2) is 30.1 Å². The van der Waals surface area contributed by atoms with Crippen molar-refractivity contribution in [2.75, 3.05) is 13.8 Å². The van der Waals surface area contributed by atoms with E-state index in [-0.39, 0.29) is 12.5 Å². The van der Waals surface area contributed by atoms with Crippen LogP contribution in [0.15, 0.2) is 12.1 Å². The van der Waals surface area contributed by atoms with Gasteiger partial charge in [0.15, 0.2) is 5.75 Å². The molecule has 0 fully saturated rings. The zero-order chi connectivity index (χ0) is 11.7. The SMILES string of the molecule is C=[N+](C)[CH-]c1cc2c(cc1[N+](=O)[O-])OCO2. The van der Waals surface area contributed by atoms with Crippen LogP contribution in [0.3, 0.4) is 0 Å². The molecule has 0 radical (unpaired) electrons. The first-order valence-electron chi connectivity index (χ1n) is 4.54. The number of hydrogen-bond acceptors (Lipinski definition) is 4. The lowest BCUT2D eigenvalue weighted by Crippen LogP contribution is -2.02. The molecule has 1 aromatic carbocycles. The first-order valence-corrected chi connectivity index (χ1v) is 4.54. The Morgan fingerprint density at radius 3 is 2.62 bits per heavy atom. The molecule has 0 spiro atoms. The van der Waals surface area contributed by atoms with E-state index in [4.69, 9.17) is 9.47 Å². The van der Waals surface area contributed by atoms with E-state index in [1.54, 1.807) is 19.7 Å². The van der Waals surface area contributed by atoms with Crippen molar-refractivity contribution in [2.24, 2.45) is 0 Å². The van der Waals surface area contributed by atoms with Gasteiger partial charge >= 0.3 is 0 Å². The highest BCUT2D eigenvalue weighted by atomic mass is 16.7. The Balaban J connectivity index is 2.48. The molecule has 0 saturated carbocycles. The Hall–Kier alpha value is -2.24. The molecule has 0 N–H and O–H groups in total. The minimum atomic E-state index is -0.461. The van der Waals surface area contributed by atoms with E-state index in [2.05, 4.69) is 6.72 Å². The normalized spacial score (nSPS) is 12.3. The number of nitro groups is 1. The van der Waals surface area contributed by atoms with Crippen LogP contribution in [0, 0.1) is 16.7 Å². The molecule has 0 bridgehead atoms. The Morgan fingerprint density at radius 2 is 2.06 bits per heavy atom. The van der Waals surface area contributed by atoms with Gasteiger partial charge < -0.3 is 9.47 Å². The summed E-state index contributed by atoms with van der Waals surface area (Å²) in [5.74, 6) is 0.911. The van der Waals surface area contributed by atoms with Gasteiger partial charge in [0.2, 0.25) is 12.5 Å². The number of ether oxygens (including phenoxy) is 2.